The Morgan fingerprint density at radius 3 is 2.80 bits per heavy atom. The molecule has 4 aromatic rings. The van der Waals surface area contributed by atoms with Crippen LogP contribution in [0.4, 0.5) is 0 Å². The molecule has 9 nitrogen and oxygen atoms in total. The lowest BCUT2D eigenvalue weighted by molar-refractivity contribution is -0.118. The van der Waals surface area contributed by atoms with Crippen molar-refractivity contribution in [3.8, 4) is 11.5 Å². The van der Waals surface area contributed by atoms with Gasteiger partial charge in [-0.3, -0.25) is 18.6 Å². The van der Waals surface area contributed by atoms with Crippen LogP contribution in [0.2, 0.25) is 0 Å². The summed E-state index contributed by atoms with van der Waals surface area (Å²) in [5.41, 5.74) is 1.75. The SMILES string of the molecule is CCCCn1c(=O)c2ccccc2n2c(SCC(=O)NCCc3ccc4c(c3)OCCO4)nnc12. The Bertz CT molecular complexity index is 1430. The minimum atomic E-state index is -0.0899. The van der Waals surface area contributed by atoms with Crippen molar-refractivity contribution in [3.05, 3.63) is 58.4 Å². The fourth-order valence-corrected chi connectivity index (χ4v) is 4.89. The van der Waals surface area contributed by atoms with Crippen molar-refractivity contribution in [2.45, 2.75) is 37.9 Å². The van der Waals surface area contributed by atoms with Crippen LogP contribution in [-0.4, -0.2) is 50.6 Å². The quantitative estimate of drug-likeness (QED) is 0.358. The van der Waals surface area contributed by atoms with Gasteiger partial charge in [-0.25, -0.2) is 0 Å². The molecule has 2 aromatic heterocycles. The van der Waals surface area contributed by atoms with Gasteiger partial charge in [-0.1, -0.05) is 43.3 Å². The third kappa shape index (κ3) is 4.84. The monoisotopic (exact) mass is 493 g/mol. The van der Waals surface area contributed by atoms with E-state index in [1.165, 1.54) is 11.8 Å². The summed E-state index contributed by atoms with van der Waals surface area (Å²) in [6.07, 6.45) is 2.53. The zero-order chi connectivity index (χ0) is 24.2. The van der Waals surface area contributed by atoms with E-state index in [0.717, 1.165) is 35.4 Å². The number of fused-ring (bicyclic) bond motifs is 4. The summed E-state index contributed by atoms with van der Waals surface area (Å²) < 4.78 is 14.7. The molecule has 0 saturated carbocycles. The van der Waals surface area contributed by atoms with E-state index in [9.17, 15) is 9.59 Å². The fourth-order valence-electron chi connectivity index (χ4n) is 4.12. The van der Waals surface area contributed by atoms with Crippen molar-refractivity contribution in [1.82, 2.24) is 24.5 Å². The predicted octanol–water partition coefficient (Wildman–Crippen LogP) is 3.07. The van der Waals surface area contributed by atoms with Gasteiger partial charge in [-0.15, -0.1) is 10.2 Å². The molecule has 0 fully saturated rings. The molecule has 1 aliphatic rings. The zero-order valence-electron chi connectivity index (χ0n) is 19.5. The number of thioether (sulfide) groups is 1. The molecule has 35 heavy (non-hydrogen) atoms. The number of para-hydroxylation sites is 1. The second-order valence-corrected chi connectivity index (χ2v) is 9.25. The molecule has 10 heteroatoms. The summed E-state index contributed by atoms with van der Waals surface area (Å²) in [5.74, 6) is 2.12. The molecule has 0 atom stereocenters. The lowest BCUT2D eigenvalue weighted by Crippen LogP contribution is -2.27. The average Bonchev–Trinajstić information content (AvgIpc) is 3.31. The number of nitrogens with zero attached hydrogens (tertiary/aromatic N) is 4. The third-order valence-corrected chi connectivity index (χ3v) is 6.82. The van der Waals surface area contributed by atoms with E-state index >= 15 is 0 Å². The van der Waals surface area contributed by atoms with Crippen molar-refractivity contribution in [2.75, 3.05) is 25.5 Å². The number of carbonyl (C=O) groups is 1. The summed E-state index contributed by atoms with van der Waals surface area (Å²) in [4.78, 5) is 25.6. The van der Waals surface area contributed by atoms with Crippen LogP contribution in [-0.2, 0) is 17.8 Å². The minimum Gasteiger partial charge on any atom is -0.486 e. The molecular formula is C25H27N5O4S. The molecule has 0 radical (unpaired) electrons. The molecule has 0 unspecified atom stereocenters. The van der Waals surface area contributed by atoms with Crippen molar-refractivity contribution in [2.24, 2.45) is 0 Å². The topological polar surface area (TPSA) is 99.8 Å². The molecule has 0 aliphatic carbocycles. The summed E-state index contributed by atoms with van der Waals surface area (Å²) in [7, 11) is 0. The van der Waals surface area contributed by atoms with Crippen molar-refractivity contribution in [3.63, 3.8) is 0 Å². The van der Waals surface area contributed by atoms with E-state index in [4.69, 9.17) is 9.47 Å². The van der Waals surface area contributed by atoms with E-state index in [2.05, 4.69) is 22.4 Å². The maximum absolute atomic E-state index is 13.0. The number of nitrogens with one attached hydrogen (secondary N) is 1. The molecule has 182 valence electrons. The second-order valence-electron chi connectivity index (χ2n) is 8.31. The van der Waals surface area contributed by atoms with Crippen molar-refractivity contribution >= 4 is 34.3 Å². The number of hydrogen-bond acceptors (Lipinski definition) is 7. The Balaban J connectivity index is 1.26. The van der Waals surface area contributed by atoms with E-state index in [1.54, 1.807) is 4.57 Å². The highest BCUT2D eigenvalue weighted by Gasteiger charge is 2.17. The van der Waals surface area contributed by atoms with Crippen LogP contribution in [0.25, 0.3) is 16.7 Å². The van der Waals surface area contributed by atoms with Gasteiger partial charge in [0, 0.05) is 13.1 Å². The highest BCUT2D eigenvalue weighted by molar-refractivity contribution is 7.99. The number of aryl methyl sites for hydroxylation is 1. The Labute approximate surface area is 206 Å². The Morgan fingerprint density at radius 1 is 1.11 bits per heavy atom. The Kier molecular flexibility index (Phi) is 6.89. The fraction of sp³-hybridized carbons (Fsp3) is 0.360. The van der Waals surface area contributed by atoms with Gasteiger partial charge in [0.05, 0.1) is 16.7 Å². The first kappa shape index (κ1) is 23.2. The lowest BCUT2D eigenvalue weighted by Gasteiger charge is -2.18. The lowest BCUT2D eigenvalue weighted by atomic mass is 10.1. The van der Waals surface area contributed by atoms with Crippen LogP contribution in [0.5, 0.6) is 11.5 Å². The van der Waals surface area contributed by atoms with Gasteiger partial charge in [-0.2, -0.15) is 0 Å². The number of carbonyl (C=O) groups excluding carboxylic acids is 1. The second kappa shape index (κ2) is 10.4. The van der Waals surface area contributed by atoms with Crippen LogP contribution in [0.3, 0.4) is 0 Å². The molecular weight excluding hydrogens is 466 g/mol. The van der Waals surface area contributed by atoms with Crippen LogP contribution in [0.15, 0.2) is 52.4 Å². The van der Waals surface area contributed by atoms with E-state index in [0.29, 0.717) is 49.0 Å². The van der Waals surface area contributed by atoms with Gasteiger partial charge >= 0.3 is 0 Å². The highest BCUT2D eigenvalue weighted by Crippen LogP contribution is 2.30. The molecule has 1 N–H and O–H groups in total. The van der Waals surface area contributed by atoms with E-state index < -0.39 is 0 Å². The Morgan fingerprint density at radius 2 is 1.94 bits per heavy atom. The van der Waals surface area contributed by atoms with Crippen LogP contribution < -0.4 is 20.3 Å². The normalized spacial score (nSPS) is 12.8. The highest BCUT2D eigenvalue weighted by atomic mass is 32.2. The average molecular weight is 494 g/mol. The van der Waals surface area contributed by atoms with Gasteiger partial charge in [0.25, 0.3) is 5.56 Å². The number of amides is 1. The van der Waals surface area contributed by atoms with Crippen LogP contribution in [0, 0.1) is 0 Å². The smallest absolute Gasteiger partial charge is 0.262 e. The first-order valence-electron chi connectivity index (χ1n) is 11.8. The Hall–Kier alpha value is -3.53. The van der Waals surface area contributed by atoms with Gasteiger partial charge in [0.2, 0.25) is 11.7 Å². The van der Waals surface area contributed by atoms with Gasteiger partial charge < -0.3 is 14.8 Å². The minimum absolute atomic E-state index is 0.0672. The van der Waals surface area contributed by atoms with Gasteiger partial charge in [0.1, 0.15) is 13.2 Å². The summed E-state index contributed by atoms with van der Waals surface area (Å²) in [6.45, 7) is 4.28. The predicted molar refractivity (Wildman–Crippen MR) is 135 cm³/mol. The maximum atomic E-state index is 13.0. The number of rotatable bonds is 9. The van der Waals surface area contributed by atoms with Crippen molar-refractivity contribution < 1.29 is 14.3 Å². The number of hydrogen-bond donors (Lipinski definition) is 1. The largest absolute Gasteiger partial charge is 0.486 e. The molecule has 0 bridgehead atoms. The van der Waals surface area contributed by atoms with Gasteiger partial charge in [-0.05, 0) is 42.7 Å². The maximum Gasteiger partial charge on any atom is 0.262 e. The first-order valence-corrected chi connectivity index (χ1v) is 12.8. The molecule has 0 spiro atoms. The molecule has 2 aromatic carbocycles. The number of ether oxygens (including phenoxy) is 2. The van der Waals surface area contributed by atoms with E-state index in [1.807, 2.05) is 46.9 Å². The van der Waals surface area contributed by atoms with Crippen LogP contribution >= 0.6 is 11.8 Å². The van der Waals surface area contributed by atoms with Crippen molar-refractivity contribution in [1.29, 1.82) is 0 Å². The third-order valence-electron chi connectivity index (χ3n) is 5.89. The van der Waals surface area contributed by atoms with Gasteiger partial charge in [0.15, 0.2) is 16.7 Å². The molecule has 3 heterocycles. The van der Waals surface area contributed by atoms with Crippen LogP contribution in [0.1, 0.15) is 25.3 Å². The number of unbranched alkanes of at least 4 members (excludes halogenated alkanes) is 1. The molecule has 0 saturated heterocycles. The summed E-state index contributed by atoms with van der Waals surface area (Å²) in [5, 5.41) is 12.8. The number of benzene rings is 2. The zero-order valence-corrected chi connectivity index (χ0v) is 20.3. The molecule has 5 rings (SSSR count). The van der Waals surface area contributed by atoms with E-state index in [-0.39, 0.29) is 17.2 Å². The number of aromatic nitrogens is 4. The first-order chi connectivity index (χ1) is 17.2. The standard InChI is InChI=1S/C25H27N5O4S/c1-2-3-12-29-23(32)18-6-4-5-7-19(18)30-24(29)27-28-25(30)35-16-22(31)26-11-10-17-8-9-20-21(15-17)34-14-13-33-20/h4-9,15H,2-3,10-14,16H2,1H3,(H,26,31). The summed E-state index contributed by atoms with van der Waals surface area (Å²) >= 11 is 1.31. The molecule has 1 amide bonds. The summed E-state index contributed by atoms with van der Waals surface area (Å²) in [6, 6.07) is 13.3. The molecule has 1 aliphatic heterocycles.